The highest BCUT2D eigenvalue weighted by Gasteiger charge is 2.49. The third kappa shape index (κ3) is 2.55. The third-order valence-corrected chi connectivity index (χ3v) is 4.63. The summed E-state index contributed by atoms with van der Waals surface area (Å²) in [7, 11) is 0. The number of carbonyl (C=O) groups excluding carboxylic acids is 2. The van der Waals surface area contributed by atoms with E-state index in [4.69, 9.17) is 9.57 Å². The van der Waals surface area contributed by atoms with E-state index in [0.717, 1.165) is 5.56 Å². The number of benzene rings is 1. The van der Waals surface area contributed by atoms with Crippen LogP contribution in [0.5, 0.6) is 0 Å². The number of hydrogen-bond acceptors (Lipinski definition) is 4. The van der Waals surface area contributed by atoms with Gasteiger partial charge >= 0.3 is 6.03 Å². The van der Waals surface area contributed by atoms with Crippen LogP contribution in [0.3, 0.4) is 0 Å². The van der Waals surface area contributed by atoms with Crippen molar-refractivity contribution in [2.24, 2.45) is 0 Å². The van der Waals surface area contributed by atoms with Crippen molar-refractivity contribution in [1.82, 2.24) is 14.9 Å². The molecule has 3 unspecified atom stereocenters. The highest BCUT2D eigenvalue weighted by atomic mass is 16.8. The largest absolute Gasteiger partial charge is 0.372 e. The van der Waals surface area contributed by atoms with Crippen molar-refractivity contribution in [3.63, 3.8) is 0 Å². The Labute approximate surface area is 134 Å². The van der Waals surface area contributed by atoms with Gasteiger partial charge < -0.3 is 14.5 Å². The number of morpholine rings is 1. The molecule has 3 aliphatic heterocycles. The fraction of sp³-hybridized carbons (Fsp3) is 0.500. The van der Waals surface area contributed by atoms with Crippen molar-refractivity contribution in [2.45, 2.75) is 25.3 Å². The number of ether oxygens (including phenoxy) is 1. The second-order valence-corrected chi connectivity index (χ2v) is 6.07. The molecule has 23 heavy (non-hydrogen) atoms. The van der Waals surface area contributed by atoms with E-state index in [1.54, 1.807) is 16.7 Å². The minimum Gasteiger partial charge on any atom is -0.372 e. The molecular formula is C16H19N3O4. The highest BCUT2D eigenvalue weighted by Crippen LogP contribution is 2.38. The smallest absolute Gasteiger partial charge is 0.347 e. The minimum absolute atomic E-state index is 0.0303. The molecule has 3 aliphatic rings. The van der Waals surface area contributed by atoms with Crippen LogP contribution in [0.25, 0.3) is 0 Å². The predicted molar refractivity (Wildman–Crippen MR) is 80.0 cm³/mol. The van der Waals surface area contributed by atoms with Crippen LogP contribution in [0.1, 0.15) is 18.7 Å². The van der Waals surface area contributed by atoms with Gasteiger partial charge in [-0.05, 0) is 0 Å². The zero-order valence-corrected chi connectivity index (χ0v) is 12.9. The number of hydroxylamine groups is 2. The standard InChI is InChI=1S/C16H19N3O4/c1-11(20)18-7-8-22-14-10-17(9-13(14)18)16(21)19-15(23-19)12-5-3-2-4-6-12/h2-6,13-15H,7-10H2,1H3. The fourth-order valence-corrected chi connectivity index (χ4v) is 3.41. The number of fused-ring (bicyclic) bond motifs is 1. The molecular weight excluding hydrogens is 298 g/mol. The molecule has 4 rings (SSSR count). The van der Waals surface area contributed by atoms with E-state index >= 15 is 0 Å². The van der Waals surface area contributed by atoms with Crippen LogP contribution in [-0.4, -0.2) is 65.2 Å². The lowest BCUT2D eigenvalue weighted by Gasteiger charge is -2.35. The number of likely N-dealkylation sites (tertiary alicyclic amines) is 1. The first kappa shape index (κ1) is 14.5. The lowest BCUT2D eigenvalue weighted by Crippen LogP contribution is -2.52. The zero-order valence-electron chi connectivity index (χ0n) is 12.9. The van der Waals surface area contributed by atoms with Gasteiger partial charge in [-0.1, -0.05) is 30.3 Å². The quantitative estimate of drug-likeness (QED) is 0.724. The van der Waals surface area contributed by atoms with Gasteiger partial charge in [-0.15, -0.1) is 0 Å². The average molecular weight is 317 g/mol. The molecule has 3 amide bonds. The first-order chi connectivity index (χ1) is 11.1. The molecule has 7 heteroatoms. The summed E-state index contributed by atoms with van der Waals surface area (Å²) in [6.45, 7) is 3.66. The van der Waals surface area contributed by atoms with Gasteiger partial charge in [0.2, 0.25) is 12.1 Å². The summed E-state index contributed by atoms with van der Waals surface area (Å²) in [6, 6.07) is 9.41. The molecule has 0 spiro atoms. The van der Waals surface area contributed by atoms with Crippen molar-refractivity contribution >= 4 is 11.9 Å². The molecule has 1 aromatic carbocycles. The first-order valence-electron chi connectivity index (χ1n) is 7.84. The molecule has 7 nitrogen and oxygen atoms in total. The lowest BCUT2D eigenvalue weighted by molar-refractivity contribution is -0.140. The maximum atomic E-state index is 12.6. The van der Waals surface area contributed by atoms with Crippen LogP contribution in [0.15, 0.2) is 30.3 Å². The molecule has 3 fully saturated rings. The number of nitrogens with zero attached hydrogens (tertiary/aromatic N) is 3. The molecule has 0 saturated carbocycles. The summed E-state index contributed by atoms with van der Waals surface area (Å²) < 4.78 is 5.73. The van der Waals surface area contributed by atoms with Crippen LogP contribution in [-0.2, 0) is 14.4 Å². The summed E-state index contributed by atoms with van der Waals surface area (Å²) in [6.07, 6.45) is -0.414. The Morgan fingerprint density at radius 2 is 1.96 bits per heavy atom. The molecule has 0 aliphatic carbocycles. The van der Waals surface area contributed by atoms with E-state index in [1.165, 1.54) is 5.06 Å². The van der Waals surface area contributed by atoms with Gasteiger partial charge in [-0.2, -0.15) is 5.06 Å². The van der Waals surface area contributed by atoms with Crippen LogP contribution in [0, 0.1) is 0 Å². The van der Waals surface area contributed by atoms with Gasteiger partial charge in [0, 0.05) is 25.6 Å². The Balaban J connectivity index is 1.42. The van der Waals surface area contributed by atoms with Crippen LogP contribution in [0.2, 0.25) is 0 Å². The van der Waals surface area contributed by atoms with Gasteiger partial charge in [0.15, 0.2) is 0 Å². The Hall–Kier alpha value is -2.12. The molecule has 0 aromatic heterocycles. The van der Waals surface area contributed by atoms with E-state index in [2.05, 4.69) is 0 Å². The van der Waals surface area contributed by atoms with Crippen molar-refractivity contribution in [3.8, 4) is 0 Å². The van der Waals surface area contributed by atoms with Gasteiger partial charge in [0.05, 0.1) is 25.3 Å². The van der Waals surface area contributed by atoms with E-state index in [0.29, 0.717) is 26.2 Å². The molecule has 3 atom stereocenters. The van der Waals surface area contributed by atoms with Gasteiger partial charge in [-0.3, -0.25) is 4.79 Å². The number of urea groups is 1. The lowest BCUT2D eigenvalue weighted by atomic mass is 10.1. The summed E-state index contributed by atoms with van der Waals surface area (Å²) >= 11 is 0. The maximum Gasteiger partial charge on any atom is 0.347 e. The normalized spacial score (nSPS) is 29.4. The van der Waals surface area contributed by atoms with Crippen molar-refractivity contribution in [2.75, 3.05) is 26.2 Å². The Morgan fingerprint density at radius 1 is 1.17 bits per heavy atom. The van der Waals surface area contributed by atoms with E-state index in [9.17, 15) is 9.59 Å². The van der Waals surface area contributed by atoms with Crippen LogP contribution in [0.4, 0.5) is 4.79 Å². The zero-order chi connectivity index (χ0) is 16.0. The SMILES string of the molecule is CC(=O)N1CCOC2CN(C(=O)N3OC3c3ccccc3)CC21. The summed E-state index contributed by atoms with van der Waals surface area (Å²) in [5.41, 5.74) is 0.957. The number of amides is 3. The van der Waals surface area contributed by atoms with Crippen LogP contribution < -0.4 is 0 Å². The second-order valence-electron chi connectivity index (χ2n) is 6.07. The summed E-state index contributed by atoms with van der Waals surface area (Å²) in [4.78, 5) is 33.3. The molecule has 0 N–H and O–H groups in total. The fourth-order valence-electron chi connectivity index (χ4n) is 3.41. The van der Waals surface area contributed by atoms with Crippen LogP contribution >= 0.6 is 0 Å². The minimum atomic E-state index is -0.309. The Morgan fingerprint density at radius 3 is 2.70 bits per heavy atom. The predicted octanol–water partition coefficient (Wildman–Crippen LogP) is 0.984. The average Bonchev–Trinajstić information content (AvgIpc) is 3.25. The Bertz CT molecular complexity index is 623. The number of hydrogen-bond donors (Lipinski definition) is 0. The topological polar surface area (TPSA) is 65.4 Å². The third-order valence-electron chi connectivity index (χ3n) is 4.63. The Kier molecular flexibility index (Phi) is 3.46. The monoisotopic (exact) mass is 317 g/mol. The first-order valence-corrected chi connectivity index (χ1v) is 7.84. The summed E-state index contributed by atoms with van der Waals surface area (Å²) in [5.74, 6) is 0.0303. The van der Waals surface area contributed by atoms with E-state index in [-0.39, 0.29) is 30.3 Å². The van der Waals surface area contributed by atoms with Crippen molar-refractivity contribution < 1.29 is 19.2 Å². The van der Waals surface area contributed by atoms with E-state index in [1.807, 2.05) is 30.3 Å². The molecule has 3 heterocycles. The molecule has 0 bridgehead atoms. The molecule has 1 aromatic rings. The van der Waals surface area contributed by atoms with E-state index < -0.39 is 0 Å². The number of carbonyl (C=O) groups is 2. The van der Waals surface area contributed by atoms with Crippen molar-refractivity contribution in [3.05, 3.63) is 35.9 Å². The second kappa shape index (κ2) is 5.50. The van der Waals surface area contributed by atoms with Gasteiger partial charge in [0.1, 0.15) is 0 Å². The maximum absolute atomic E-state index is 12.6. The molecule has 122 valence electrons. The highest BCUT2D eigenvalue weighted by molar-refractivity contribution is 5.77. The van der Waals surface area contributed by atoms with Gasteiger partial charge in [-0.25, -0.2) is 9.63 Å². The number of rotatable bonds is 1. The molecule has 0 radical (unpaired) electrons. The molecule has 3 saturated heterocycles. The summed E-state index contributed by atoms with van der Waals surface area (Å²) in [5, 5.41) is 1.38. The van der Waals surface area contributed by atoms with Gasteiger partial charge in [0.25, 0.3) is 0 Å². The van der Waals surface area contributed by atoms with Crippen molar-refractivity contribution in [1.29, 1.82) is 0 Å².